The predicted molar refractivity (Wildman–Crippen MR) is 155 cm³/mol. The molecule has 1 aliphatic rings. The third kappa shape index (κ3) is 7.46. The van der Waals surface area contributed by atoms with Crippen LogP contribution < -0.4 is 4.74 Å². The lowest BCUT2D eigenvalue weighted by Crippen LogP contribution is -2.49. The number of ether oxygens (including phenoxy) is 1. The first-order valence-electron chi connectivity index (χ1n) is 13.7. The average Bonchev–Trinajstić information content (AvgIpc) is 2.98. The van der Waals surface area contributed by atoms with Crippen molar-refractivity contribution in [2.45, 2.75) is 24.2 Å². The number of halogens is 3. The molecule has 2 heterocycles. The van der Waals surface area contributed by atoms with Crippen molar-refractivity contribution in [3.63, 3.8) is 0 Å². The van der Waals surface area contributed by atoms with Crippen LogP contribution in [0.15, 0.2) is 90.0 Å². The number of hydrogen-bond donors (Lipinski definition) is 0. The van der Waals surface area contributed by atoms with Crippen molar-refractivity contribution in [1.82, 2.24) is 19.1 Å². The maximum atomic E-state index is 13.0. The maximum Gasteiger partial charge on any atom is 0.416 e. The van der Waals surface area contributed by atoms with Gasteiger partial charge in [0.15, 0.2) is 0 Å². The zero-order valence-corrected chi connectivity index (χ0v) is 24.1. The highest BCUT2D eigenvalue weighted by atomic mass is 32.2. The molecule has 0 radical (unpaired) electrons. The highest BCUT2D eigenvalue weighted by Gasteiger charge is 2.34. The van der Waals surface area contributed by atoms with Crippen LogP contribution in [0.2, 0.25) is 0 Å². The van der Waals surface area contributed by atoms with Gasteiger partial charge in [0.25, 0.3) is 0 Å². The van der Waals surface area contributed by atoms with Gasteiger partial charge in [-0.2, -0.15) is 17.5 Å². The van der Waals surface area contributed by atoms with E-state index in [1.54, 1.807) is 6.20 Å². The Balaban J connectivity index is 1.05. The predicted octanol–water partition coefficient (Wildman–Crippen LogP) is 5.27. The summed E-state index contributed by atoms with van der Waals surface area (Å²) in [6, 6.07) is 22.2. The highest BCUT2D eigenvalue weighted by molar-refractivity contribution is 7.89. The van der Waals surface area contributed by atoms with Gasteiger partial charge in [0.1, 0.15) is 12.4 Å². The van der Waals surface area contributed by atoms with Gasteiger partial charge >= 0.3 is 6.18 Å². The fourth-order valence-corrected chi connectivity index (χ4v) is 6.53. The lowest BCUT2D eigenvalue weighted by Gasteiger charge is -2.33. The summed E-state index contributed by atoms with van der Waals surface area (Å²) in [5.74, 6) is 0.759. The number of sulfonamides is 1. The van der Waals surface area contributed by atoms with Gasteiger partial charge in [-0.1, -0.05) is 30.3 Å². The van der Waals surface area contributed by atoms with Gasteiger partial charge in [-0.15, -0.1) is 0 Å². The van der Waals surface area contributed by atoms with Gasteiger partial charge in [-0.05, 0) is 66.7 Å². The van der Waals surface area contributed by atoms with Crippen LogP contribution in [0.4, 0.5) is 13.2 Å². The summed E-state index contributed by atoms with van der Waals surface area (Å²) in [6.07, 6.45) is -2.80. The zero-order valence-electron chi connectivity index (χ0n) is 23.3. The second-order valence-corrected chi connectivity index (χ2v) is 12.4. The van der Waals surface area contributed by atoms with E-state index in [-0.39, 0.29) is 18.0 Å². The molecule has 0 aliphatic carbocycles. The monoisotopic (exact) mass is 598 g/mol. The van der Waals surface area contributed by atoms with E-state index in [9.17, 15) is 21.6 Å². The Kier molecular flexibility index (Phi) is 9.12. The second kappa shape index (κ2) is 12.8. The molecule has 0 saturated carbocycles. The Morgan fingerprint density at radius 3 is 2.33 bits per heavy atom. The van der Waals surface area contributed by atoms with Crippen LogP contribution in [0.1, 0.15) is 16.7 Å². The van der Waals surface area contributed by atoms with Gasteiger partial charge in [0.05, 0.1) is 16.0 Å². The molecule has 0 unspecified atom stereocenters. The van der Waals surface area contributed by atoms with E-state index in [2.05, 4.69) is 40.0 Å². The molecule has 1 aliphatic heterocycles. The van der Waals surface area contributed by atoms with E-state index >= 15 is 0 Å². The summed E-state index contributed by atoms with van der Waals surface area (Å²) < 4.78 is 72.1. The molecule has 7 nitrogen and oxygen atoms in total. The fraction of sp³-hybridized carbons (Fsp3) is 0.323. The number of pyridine rings is 1. The molecular weight excluding hydrogens is 565 g/mol. The molecule has 0 N–H and O–H groups in total. The van der Waals surface area contributed by atoms with E-state index in [1.807, 2.05) is 36.4 Å². The third-order valence-electron chi connectivity index (χ3n) is 7.30. The molecule has 1 saturated heterocycles. The fourth-order valence-electron chi connectivity index (χ4n) is 5.06. The third-order valence-corrected chi connectivity index (χ3v) is 9.20. The summed E-state index contributed by atoms with van der Waals surface area (Å²) in [6.45, 7) is 4.02. The molecule has 5 rings (SSSR count). The summed E-state index contributed by atoms with van der Waals surface area (Å²) in [7, 11) is -1.92. The topological polar surface area (TPSA) is 66.0 Å². The molecule has 3 aromatic carbocycles. The molecule has 11 heteroatoms. The highest BCUT2D eigenvalue weighted by Crippen LogP contribution is 2.31. The van der Waals surface area contributed by atoms with E-state index in [0.717, 1.165) is 41.9 Å². The Morgan fingerprint density at radius 2 is 1.60 bits per heavy atom. The minimum Gasteiger partial charge on any atom is -0.492 e. The van der Waals surface area contributed by atoms with E-state index in [0.29, 0.717) is 32.3 Å². The van der Waals surface area contributed by atoms with Gasteiger partial charge in [0.2, 0.25) is 10.0 Å². The van der Waals surface area contributed by atoms with Crippen molar-refractivity contribution in [3.05, 3.63) is 102 Å². The average molecular weight is 599 g/mol. The summed E-state index contributed by atoms with van der Waals surface area (Å²) >= 11 is 0. The van der Waals surface area contributed by atoms with Crippen molar-refractivity contribution in [2.24, 2.45) is 0 Å². The number of piperazine rings is 1. The first-order chi connectivity index (χ1) is 20.1. The summed E-state index contributed by atoms with van der Waals surface area (Å²) in [5, 5.41) is 1.13. The molecule has 0 bridgehead atoms. The summed E-state index contributed by atoms with van der Waals surface area (Å²) in [5.41, 5.74) is 2.42. The van der Waals surface area contributed by atoms with E-state index < -0.39 is 21.8 Å². The Hall–Kier alpha value is -3.51. The van der Waals surface area contributed by atoms with Crippen LogP contribution >= 0.6 is 0 Å². The quantitative estimate of drug-likeness (QED) is 0.248. The first kappa shape index (κ1) is 30.0. The molecule has 222 valence electrons. The molecule has 0 atom stereocenters. The number of hydrogen-bond acceptors (Lipinski definition) is 6. The van der Waals surface area contributed by atoms with E-state index in [4.69, 9.17) is 4.74 Å². The van der Waals surface area contributed by atoms with Crippen LogP contribution in [-0.4, -0.2) is 73.9 Å². The van der Waals surface area contributed by atoms with Crippen LogP contribution in [0.3, 0.4) is 0 Å². The van der Waals surface area contributed by atoms with Crippen molar-refractivity contribution in [3.8, 4) is 5.75 Å². The molecular formula is C31H33F3N4O3S. The number of rotatable bonds is 10. The Bertz CT molecular complexity index is 1610. The lowest BCUT2D eigenvalue weighted by atomic mass is 10.1. The van der Waals surface area contributed by atoms with Crippen molar-refractivity contribution in [2.75, 3.05) is 46.4 Å². The van der Waals surface area contributed by atoms with E-state index in [1.165, 1.54) is 21.5 Å². The second-order valence-electron chi connectivity index (χ2n) is 10.5. The minimum atomic E-state index is -4.60. The number of benzene rings is 3. The molecule has 4 aromatic rings. The zero-order chi connectivity index (χ0) is 29.7. The standard InChI is InChI=1S/C31H33F3N4O3S/c1-36(23-25-9-12-30-26(20-25)4-3-13-35-30)22-24-7-10-28(11-8-24)41-19-18-37-14-16-38(17-15-37)42(39,40)29-6-2-5-27(21-29)31(32,33)34/h2-13,20-21H,14-19,22-23H2,1H3. The van der Waals surface area contributed by atoms with Crippen molar-refractivity contribution < 1.29 is 26.3 Å². The first-order valence-corrected chi connectivity index (χ1v) is 15.2. The smallest absolute Gasteiger partial charge is 0.416 e. The summed E-state index contributed by atoms with van der Waals surface area (Å²) in [4.78, 5) is 8.37. The van der Waals surface area contributed by atoms with Gasteiger partial charge in [0, 0.05) is 57.4 Å². The SMILES string of the molecule is CN(Cc1ccc(OCCN2CCN(S(=O)(=O)c3cccc(C(F)(F)F)c3)CC2)cc1)Cc1ccc2ncccc2c1. The van der Waals surface area contributed by atoms with Gasteiger partial charge in [-0.3, -0.25) is 14.8 Å². The molecule has 0 amide bonds. The minimum absolute atomic E-state index is 0.205. The van der Waals surface area contributed by atoms with Crippen LogP contribution in [-0.2, 0) is 29.3 Å². The largest absolute Gasteiger partial charge is 0.492 e. The molecule has 1 aromatic heterocycles. The van der Waals surface area contributed by atoms with Gasteiger partial charge in [-0.25, -0.2) is 8.42 Å². The van der Waals surface area contributed by atoms with Crippen LogP contribution in [0.25, 0.3) is 10.9 Å². The maximum absolute atomic E-state index is 13.0. The van der Waals surface area contributed by atoms with Crippen LogP contribution in [0.5, 0.6) is 5.75 Å². The number of fused-ring (bicyclic) bond motifs is 1. The molecule has 0 spiro atoms. The Labute approximate surface area is 244 Å². The number of aromatic nitrogens is 1. The normalized spacial score (nSPS) is 15.4. The number of alkyl halides is 3. The molecule has 42 heavy (non-hydrogen) atoms. The number of nitrogens with zero attached hydrogens (tertiary/aromatic N) is 4. The Morgan fingerprint density at radius 1 is 0.881 bits per heavy atom. The van der Waals surface area contributed by atoms with Crippen LogP contribution in [0, 0.1) is 0 Å². The van der Waals surface area contributed by atoms with Crippen molar-refractivity contribution >= 4 is 20.9 Å². The molecule has 1 fully saturated rings. The van der Waals surface area contributed by atoms with Crippen molar-refractivity contribution in [1.29, 1.82) is 0 Å². The van der Waals surface area contributed by atoms with Gasteiger partial charge < -0.3 is 4.74 Å². The lowest BCUT2D eigenvalue weighted by molar-refractivity contribution is -0.137.